The van der Waals surface area contributed by atoms with Gasteiger partial charge < -0.3 is 10.2 Å². The highest BCUT2D eigenvalue weighted by atomic mass is 15.3. The van der Waals surface area contributed by atoms with Gasteiger partial charge in [-0.05, 0) is 51.2 Å². The molecular formula is C16H22N4. The molecule has 0 radical (unpaired) electrons. The highest BCUT2D eigenvalue weighted by molar-refractivity contribution is 5.57. The predicted octanol–water partition coefficient (Wildman–Crippen LogP) is 2.02. The number of anilines is 1. The Kier molecular flexibility index (Phi) is 3.62. The zero-order valence-corrected chi connectivity index (χ0v) is 12.3. The maximum absolute atomic E-state index is 9.45. The number of nitriles is 1. The van der Waals surface area contributed by atoms with Crippen molar-refractivity contribution in [3.05, 3.63) is 22.9 Å². The van der Waals surface area contributed by atoms with Gasteiger partial charge in [-0.25, -0.2) is 4.98 Å². The standard InChI is InChI=1S/C16H22N4/c1-11-9-20(10-12(2)18-11)16-14(8-17)7-13-5-3-4-6-15(13)19-16/h7,11-12,18H,3-6,9-10H2,1-2H3. The van der Waals surface area contributed by atoms with Crippen LogP contribution in [0.25, 0.3) is 0 Å². The van der Waals surface area contributed by atoms with Gasteiger partial charge in [-0.1, -0.05) is 0 Å². The Morgan fingerprint density at radius 3 is 2.65 bits per heavy atom. The number of fused-ring (bicyclic) bond motifs is 1. The van der Waals surface area contributed by atoms with Crippen molar-refractivity contribution in [1.29, 1.82) is 5.26 Å². The average molecular weight is 270 g/mol. The van der Waals surface area contributed by atoms with Gasteiger partial charge in [-0.3, -0.25) is 0 Å². The van der Waals surface area contributed by atoms with E-state index in [1.165, 1.54) is 24.1 Å². The van der Waals surface area contributed by atoms with Crippen LogP contribution < -0.4 is 10.2 Å². The van der Waals surface area contributed by atoms with E-state index in [0.717, 1.165) is 37.3 Å². The summed E-state index contributed by atoms with van der Waals surface area (Å²) in [5.74, 6) is 0.897. The van der Waals surface area contributed by atoms with Gasteiger partial charge in [0.2, 0.25) is 0 Å². The first-order valence-electron chi connectivity index (χ1n) is 7.61. The number of rotatable bonds is 1. The van der Waals surface area contributed by atoms with Gasteiger partial charge in [0, 0.05) is 30.9 Å². The summed E-state index contributed by atoms with van der Waals surface area (Å²) in [5.41, 5.74) is 3.24. The molecule has 20 heavy (non-hydrogen) atoms. The fourth-order valence-electron chi connectivity index (χ4n) is 3.45. The van der Waals surface area contributed by atoms with E-state index in [0.29, 0.717) is 12.1 Å². The van der Waals surface area contributed by atoms with E-state index in [4.69, 9.17) is 4.98 Å². The highest BCUT2D eigenvalue weighted by Crippen LogP contribution is 2.27. The lowest BCUT2D eigenvalue weighted by molar-refractivity contribution is 0.405. The number of pyridine rings is 1. The summed E-state index contributed by atoms with van der Waals surface area (Å²) in [6.45, 7) is 6.22. The number of piperazine rings is 1. The molecule has 0 aromatic carbocycles. The molecule has 0 spiro atoms. The fourth-order valence-corrected chi connectivity index (χ4v) is 3.45. The number of aryl methyl sites for hydroxylation is 2. The van der Waals surface area contributed by atoms with Crippen molar-refractivity contribution in [2.45, 2.75) is 51.6 Å². The Bertz CT molecular complexity index is 536. The Morgan fingerprint density at radius 1 is 1.25 bits per heavy atom. The number of nitrogens with zero attached hydrogens (tertiary/aromatic N) is 3. The molecule has 4 heteroatoms. The molecule has 1 saturated heterocycles. The van der Waals surface area contributed by atoms with Gasteiger partial charge >= 0.3 is 0 Å². The lowest BCUT2D eigenvalue weighted by Gasteiger charge is -2.37. The Labute approximate surface area is 120 Å². The second kappa shape index (κ2) is 5.41. The molecule has 3 rings (SSSR count). The van der Waals surface area contributed by atoms with Crippen LogP contribution in [0, 0.1) is 11.3 Å². The van der Waals surface area contributed by atoms with E-state index in [1.807, 2.05) is 0 Å². The van der Waals surface area contributed by atoms with Crippen LogP contribution in [-0.4, -0.2) is 30.2 Å². The minimum atomic E-state index is 0.433. The molecule has 1 aromatic rings. The van der Waals surface area contributed by atoms with Crippen LogP contribution in [-0.2, 0) is 12.8 Å². The second-order valence-corrected chi connectivity index (χ2v) is 6.16. The minimum Gasteiger partial charge on any atom is -0.352 e. The van der Waals surface area contributed by atoms with Crippen molar-refractivity contribution in [2.24, 2.45) is 0 Å². The fraction of sp³-hybridized carbons (Fsp3) is 0.625. The van der Waals surface area contributed by atoms with Crippen LogP contribution in [0.1, 0.15) is 43.5 Å². The number of hydrogen-bond acceptors (Lipinski definition) is 4. The van der Waals surface area contributed by atoms with E-state index >= 15 is 0 Å². The third-order valence-electron chi connectivity index (χ3n) is 4.26. The molecule has 4 nitrogen and oxygen atoms in total. The summed E-state index contributed by atoms with van der Waals surface area (Å²) in [7, 11) is 0. The van der Waals surface area contributed by atoms with Crippen molar-refractivity contribution in [3.8, 4) is 6.07 Å². The Balaban J connectivity index is 1.97. The van der Waals surface area contributed by atoms with Crippen molar-refractivity contribution in [1.82, 2.24) is 10.3 Å². The van der Waals surface area contributed by atoms with Crippen LogP contribution in [0.15, 0.2) is 6.07 Å². The average Bonchev–Trinajstić information content (AvgIpc) is 2.44. The summed E-state index contributed by atoms with van der Waals surface area (Å²) >= 11 is 0. The number of nitrogens with one attached hydrogen (secondary N) is 1. The second-order valence-electron chi connectivity index (χ2n) is 6.16. The summed E-state index contributed by atoms with van der Waals surface area (Å²) in [6, 6.07) is 5.29. The van der Waals surface area contributed by atoms with Crippen LogP contribution in [0.2, 0.25) is 0 Å². The summed E-state index contributed by atoms with van der Waals surface area (Å²) in [6.07, 6.45) is 4.58. The first kappa shape index (κ1) is 13.4. The van der Waals surface area contributed by atoms with Crippen molar-refractivity contribution in [2.75, 3.05) is 18.0 Å². The molecule has 0 bridgehead atoms. The molecule has 2 aliphatic rings. The van der Waals surface area contributed by atoms with Crippen LogP contribution in [0.4, 0.5) is 5.82 Å². The number of aromatic nitrogens is 1. The zero-order chi connectivity index (χ0) is 14.1. The van der Waals surface area contributed by atoms with Crippen molar-refractivity contribution < 1.29 is 0 Å². The molecule has 1 aliphatic heterocycles. The maximum Gasteiger partial charge on any atom is 0.146 e. The topological polar surface area (TPSA) is 52.0 Å². The van der Waals surface area contributed by atoms with Crippen LogP contribution >= 0.6 is 0 Å². The van der Waals surface area contributed by atoms with E-state index in [1.54, 1.807) is 0 Å². The molecule has 1 aliphatic carbocycles. The normalized spacial score (nSPS) is 25.9. The molecule has 1 N–H and O–H groups in total. The third kappa shape index (κ3) is 2.51. The first-order chi connectivity index (χ1) is 9.67. The number of hydrogen-bond donors (Lipinski definition) is 1. The van der Waals surface area contributed by atoms with Crippen LogP contribution in [0.3, 0.4) is 0 Å². The SMILES string of the molecule is CC1CN(c2nc3c(cc2C#N)CCCC3)CC(C)N1. The molecule has 2 atom stereocenters. The molecular weight excluding hydrogens is 248 g/mol. The highest BCUT2D eigenvalue weighted by Gasteiger charge is 2.25. The molecule has 1 fully saturated rings. The molecule has 106 valence electrons. The van der Waals surface area contributed by atoms with Crippen LogP contribution in [0.5, 0.6) is 0 Å². The van der Waals surface area contributed by atoms with Gasteiger partial charge in [0.25, 0.3) is 0 Å². The minimum absolute atomic E-state index is 0.433. The van der Waals surface area contributed by atoms with Gasteiger partial charge in [0.15, 0.2) is 0 Å². The van der Waals surface area contributed by atoms with Gasteiger partial charge in [0.05, 0.1) is 5.56 Å². The maximum atomic E-state index is 9.45. The predicted molar refractivity (Wildman–Crippen MR) is 79.9 cm³/mol. The molecule has 2 heterocycles. The summed E-state index contributed by atoms with van der Waals surface area (Å²) < 4.78 is 0. The van der Waals surface area contributed by atoms with E-state index < -0.39 is 0 Å². The lowest BCUT2D eigenvalue weighted by atomic mass is 9.94. The first-order valence-corrected chi connectivity index (χ1v) is 7.61. The van der Waals surface area contributed by atoms with E-state index in [2.05, 4.69) is 36.2 Å². The van der Waals surface area contributed by atoms with Crippen molar-refractivity contribution in [3.63, 3.8) is 0 Å². The van der Waals surface area contributed by atoms with Gasteiger partial charge in [0.1, 0.15) is 11.9 Å². The summed E-state index contributed by atoms with van der Waals surface area (Å²) in [5, 5.41) is 13.0. The molecule has 1 aromatic heterocycles. The Morgan fingerprint density at radius 2 is 1.95 bits per heavy atom. The quantitative estimate of drug-likeness (QED) is 0.848. The van der Waals surface area contributed by atoms with E-state index in [9.17, 15) is 5.26 Å². The molecule has 0 amide bonds. The van der Waals surface area contributed by atoms with Gasteiger partial charge in [-0.15, -0.1) is 0 Å². The largest absolute Gasteiger partial charge is 0.352 e. The smallest absolute Gasteiger partial charge is 0.146 e. The third-order valence-corrected chi connectivity index (χ3v) is 4.26. The summed E-state index contributed by atoms with van der Waals surface area (Å²) in [4.78, 5) is 7.13. The molecule has 0 saturated carbocycles. The van der Waals surface area contributed by atoms with Gasteiger partial charge in [-0.2, -0.15) is 5.26 Å². The molecule has 2 unspecified atom stereocenters. The van der Waals surface area contributed by atoms with Crippen molar-refractivity contribution >= 4 is 5.82 Å². The van der Waals surface area contributed by atoms with E-state index in [-0.39, 0.29) is 0 Å². The zero-order valence-electron chi connectivity index (χ0n) is 12.3. The lowest BCUT2D eigenvalue weighted by Crippen LogP contribution is -2.54. The monoisotopic (exact) mass is 270 g/mol. The Hall–Kier alpha value is -1.60.